The van der Waals surface area contributed by atoms with Gasteiger partial charge < -0.3 is 9.88 Å². The van der Waals surface area contributed by atoms with Crippen LogP contribution >= 0.6 is 27.7 Å². The number of halogens is 1. The second-order valence-corrected chi connectivity index (χ2v) is 6.55. The maximum Gasteiger partial charge on any atom is 0.230 e. The summed E-state index contributed by atoms with van der Waals surface area (Å²) in [4.78, 5) is 16.3. The summed E-state index contributed by atoms with van der Waals surface area (Å²) in [7, 11) is 1.92. The van der Waals surface area contributed by atoms with E-state index < -0.39 is 0 Å². The minimum absolute atomic E-state index is 0.0257. The highest BCUT2D eigenvalue weighted by Crippen LogP contribution is 2.20. The zero-order valence-corrected chi connectivity index (χ0v) is 14.4. The second kappa shape index (κ2) is 7.66. The van der Waals surface area contributed by atoms with E-state index in [1.54, 1.807) is 6.20 Å². The molecule has 0 unspecified atom stereocenters. The molecule has 0 saturated heterocycles. The summed E-state index contributed by atoms with van der Waals surface area (Å²) in [6, 6.07) is 8.10. The molecule has 0 saturated carbocycles. The Morgan fingerprint density at radius 2 is 2.14 bits per heavy atom. The molecule has 2 rings (SSSR count). The number of thioether (sulfide) groups is 1. The van der Waals surface area contributed by atoms with Crippen molar-refractivity contribution in [1.29, 1.82) is 0 Å². The molecule has 1 N–H and O–H groups in total. The number of amides is 1. The highest BCUT2D eigenvalue weighted by atomic mass is 79.9. The lowest BCUT2D eigenvalue weighted by molar-refractivity contribution is -0.119. The van der Waals surface area contributed by atoms with Gasteiger partial charge in [0.1, 0.15) is 0 Å². The van der Waals surface area contributed by atoms with Crippen LogP contribution in [0.4, 0.5) is 0 Å². The first-order chi connectivity index (χ1) is 10.1. The van der Waals surface area contributed by atoms with Crippen LogP contribution in [0, 0.1) is 0 Å². The largest absolute Gasteiger partial charge is 0.349 e. The van der Waals surface area contributed by atoms with Gasteiger partial charge in [-0.2, -0.15) is 0 Å². The fourth-order valence-electron chi connectivity index (χ4n) is 1.97. The molecular formula is C15H18BrN3OS. The minimum Gasteiger partial charge on any atom is -0.349 e. The van der Waals surface area contributed by atoms with Crippen molar-refractivity contribution in [2.24, 2.45) is 7.05 Å². The number of aromatic nitrogens is 2. The Morgan fingerprint density at radius 3 is 2.71 bits per heavy atom. The first-order valence-corrected chi connectivity index (χ1v) is 8.53. The van der Waals surface area contributed by atoms with Gasteiger partial charge in [0.2, 0.25) is 5.91 Å². The number of carbonyl (C=O) groups is 1. The minimum atomic E-state index is 0.0257. The van der Waals surface area contributed by atoms with Crippen molar-refractivity contribution in [3.63, 3.8) is 0 Å². The van der Waals surface area contributed by atoms with Gasteiger partial charge in [-0.3, -0.25) is 4.79 Å². The van der Waals surface area contributed by atoms with Crippen LogP contribution in [-0.2, 0) is 11.8 Å². The third kappa shape index (κ3) is 4.61. The van der Waals surface area contributed by atoms with Gasteiger partial charge in [0, 0.05) is 23.9 Å². The van der Waals surface area contributed by atoms with Gasteiger partial charge in [-0.1, -0.05) is 46.7 Å². The van der Waals surface area contributed by atoms with Crippen LogP contribution in [-0.4, -0.2) is 21.2 Å². The number of nitrogens with zero attached hydrogens (tertiary/aromatic N) is 2. The predicted octanol–water partition coefficient (Wildman–Crippen LogP) is 3.54. The van der Waals surface area contributed by atoms with Gasteiger partial charge in [0.05, 0.1) is 11.8 Å². The van der Waals surface area contributed by atoms with Crippen molar-refractivity contribution in [1.82, 2.24) is 14.9 Å². The smallest absolute Gasteiger partial charge is 0.230 e. The topological polar surface area (TPSA) is 46.9 Å². The molecule has 0 spiro atoms. The SMILES string of the molecule is CC[C@@H](NC(=O)CSc1nccn1C)c1ccc(Br)cc1. The van der Waals surface area contributed by atoms with Crippen LogP contribution in [0.2, 0.25) is 0 Å². The third-order valence-corrected chi connectivity index (χ3v) is 4.71. The first-order valence-electron chi connectivity index (χ1n) is 6.75. The Morgan fingerprint density at radius 1 is 1.43 bits per heavy atom. The molecule has 4 nitrogen and oxygen atoms in total. The van der Waals surface area contributed by atoms with E-state index in [0.29, 0.717) is 5.75 Å². The van der Waals surface area contributed by atoms with Crippen molar-refractivity contribution in [2.45, 2.75) is 24.5 Å². The van der Waals surface area contributed by atoms with Crippen LogP contribution in [0.3, 0.4) is 0 Å². The van der Waals surface area contributed by atoms with Crippen molar-refractivity contribution < 1.29 is 4.79 Å². The van der Waals surface area contributed by atoms with Gasteiger partial charge in [0.25, 0.3) is 0 Å². The molecule has 1 atom stereocenters. The Balaban J connectivity index is 1.90. The van der Waals surface area contributed by atoms with Crippen molar-refractivity contribution in [2.75, 3.05) is 5.75 Å². The number of hydrogen-bond acceptors (Lipinski definition) is 3. The number of aryl methyl sites for hydroxylation is 1. The number of hydrogen-bond donors (Lipinski definition) is 1. The summed E-state index contributed by atoms with van der Waals surface area (Å²) in [6.07, 6.45) is 4.47. The summed E-state index contributed by atoms with van der Waals surface area (Å²) >= 11 is 4.87. The van der Waals surface area contributed by atoms with E-state index in [4.69, 9.17) is 0 Å². The molecule has 1 aromatic carbocycles. The van der Waals surface area contributed by atoms with Gasteiger partial charge in [-0.25, -0.2) is 4.98 Å². The summed E-state index contributed by atoms with van der Waals surface area (Å²) in [5.41, 5.74) is 1.12. The number of rotatable bonds is 6. The van der Waals surface area contributed by atoms with Gasteiger partial charge in [0.15, 0.2) is 5.16 Å². The predicted molar refractivity (Wildman–Crippen MR) is 89.2 cm³/mol. The van der Waals surface area contributed by atoms with Crippen LogP contribution in [0.15, 0.2) is 46.3 Å². The van der Waals surface area contributed by atoms with E-state index in [1.807, 2.05) is 42.1 Å². The molecule has 1 amide bonds. The maximum absolute atomic E-state index is 12.1. The summed E-state index contributed by atoms with van der Waals surface area (Å²) in [5, 5.41) is 3.92. The van der Waals surface area contributed by atoms with E-state index >= 15 is 0 Å². The molecule has 6 heteroatoms. The van der Waals surface area contributed by atoms with Crippen LogP contribution in [0.5, 0.6) is 0 Å². The van der Waals surface area contributed by atoms with E-state index in [0.717, 1.165) is 21.6 Å². The maximum atomic E-state index is 12.1. The monoisotopic (exact) mass is 367 g/mol. The molecule has 112 valence electrons. The number of carbonyl (C=O) groups excluding carboxylic acids is 1. The molecule has 1 aromatic heterocycles. The lowest BCUT2D eigenvalue weighted by atomic mass is 10.0. The fraction of sp³-hybridized carbons (Fsp3) is 0.333. The molecule has 0 aliphatic carbocycles. The second-order valence-electron chi connectivity index (χ2n) is 4.69. The molecule has 1 heterocycles. The lowest BCUT2D eigenvalue weighted by Crippen LogP contribution is -2.29. The Bertz CT molecular complexity index is 597. The average molecular weight is 368 g/mol. The quantitative estimate of drug-likeness (QED) is 0.794. The molecular weight excluding hydrogens is 350 g/mol. The highest BCUT2D eigenvalue weighted by Gasteiger charge is 2.13. The standard InChI is InChI=1S/C15H18BrN3OS/c1-3-13(11-4-6-12(16)7-5-11)18-14(20)10-21-15-17-8-9-19(15)2/h4-9,13H,3,10H2,1-2H3,(H,18,20)/t13-/m1/s1. The molecule has 2 aromatic rings. The van der Waals surface area contributed by atoms with Crippen LogP contribution in [0.25, 0.3) is 0 Å². The van der Waals surface area contributed by atoms with E-state index in [9.17, 15) is 4.79 Å². The van der Waals surface area contributed by atoms with Crippen molar-refractivity contribution in [3.8, 4) is 0 Å². The molecule has 0 radical (unpaired) electrons. The van der Waals surface area contributed by atoms with Crippen molar-refractivity contribution in [3.05, 3.63) is 46.7 Å². The lowest BCUT2D eigenvalue weighted by Gasteiger charge is -2.17. The van der Waals surface area contributed by atoms with Gasteiger partial charge in [-0.05, 0) is 24.1 Å². The molecule has 0 aliphatic rings. The molecule has 21 heavy (non-hydrogen) atoms. The van der Waals surface area contributed by atoms with Gasteiger partial charge in [-0.15, -0.1) is 0 Å². The number of benzene rings is 1. The Kier molecular flexibility index (Phi) is 5.87. The zero-order valence-electron chi connectivity index (χ0n) is 12.0. The Hall–Kier alpha value is -1.27. The number of nitrogens with one attached hydrogen (secondary N) is 1. The summed E-state index contributed by atoms with van der Waals surface area (Å²) in [5.74, 6) is 0.399. The first kappa shape index (κ1) is 16.1. The van der Waals surface area contributed by atoms with Crippen molar-refractivity contribution >= 4 is 33.6 Å². The van der Waals surface area contributed by atoms with E-state index in [1.165, 1.54) is 11.8 Å². The number of imidazole rings is 1. The molecule has 0 aliphatic heterocycles. The van der Waals surface area contributed by atoms with E-state index in [2.05, 4.69) is 33.2 Å². The molecule has 0 fully saturated rings. The van der Waals surface area contributed by atoms with Gasteiger partial charge >= 0.3 is 0 Å². The normalized spacial score (nSPS) is 12.1. The van der Waals surface area contributed by atoms with E-state index in [-0.39, 0.29) is 11.9 Å². The zero-order chi connectivity index (χ0) is 15.2. The molecule has 0 bridgehead atoms. The summed E-state index contributed by atoms with van der Waals surface area (Å²) in [6.45, 7) is 2.07. The Labute approximate surface area is 137 Å². The van der Waals surface area contributed by atoms with Crippen LogP contribution in [0.1, 0.15) is 24.9 Å². The highest BCUT2D eigenvalue weighted by molar-refractivity contribution is 9.10. The third-order valence-electron chi connectivity index (χ3n) is 3.13. The fourth-order valence-corrected chi connectivity index (χ4v) is 2.98. The summed E-state index contributed by atoms with van der Waals surface area (Å²) < 4.78 is 2.95. The average Bonchev–Trinajstić information content (AvgIpc) is 2.89. The van der Waals surface area contributed by atoms with Crippen LogP contribution < -0.4 is 5.32 Å².